The van der Waals surface area contributed by atoms with Gasteiger partial charge in [-0.2, -0.15) is 5.10 Å². The number of hydrogen-bond acceptors (Lipinski definition) is 1. The van der Waals surface area contributed by atoms with Crippen LogP contribution in [0.5, 0.6) is 0 Å². The quantitative estimate of drug-likeness (QED) is 0.558. The van der Waals surface area contributed by atoms with E-state index < -0.39 is 0 Å². The second kappa shape index (κ2) is 2.17. The van der Waals surface area contributed by atoms with Gasteiger partial charge in [-0.1, -0.05) is 0 Å². The highest BCUT2D eigenvalue weighted by atomic mass is 19.1. The second-order valence-corrected chi connectivity index (χ2v) is 1.92. The second-order valence-electron chi connectivity index (χ2n) is 1.92. The zero-order valence-electron chi connectivity index (χ0n) is 5.56. The first kappa shape index (κ1) is 6.26. The molecule has 0 aliphatic rings. The van der Waals surface area contributed by atoms with E-state index in [0.29, 0.717) is 5.69 Å². The molecule has 1 heterocycles. The van der Waals surface area contributed by atoms with E-state index in [1.807, 2.05) is 6.92 Å². The first-order valence-electron chi connectivity index (χ1n) is 2.93. The molecule has 0 bridgehead atoms. The van der Waals surface area contributed by atoms with Gasteiger partial charge in [0.1, 0.15) is 0 Å². The van der Waals surface area contributed by atoms with Gasteiger partial charge in [-0.15, -0.1) is 0 Å². The third kappa shape index (κ3) is 1.09. The molecule has 0 aromatic carbocycles. The number of rotatable bonds is 1. The van der Waals surface area contributed by atoms with Gasteiger partial charge in [0, 0.05) is 6.54 Å². The molecule has 0 fully saturated rings. The summed E-state index contributed by atoms with van der Waals surface area (Å²) in [6.45, 7) is 4.30. The van der Waals surface area contributed by atoms with E-state index in [1.165, 1.54) is 6.20 Å². The zero-order chi connectivity index (χ0) is 6.85. The number of hydrogen-bond donors (Lipinski definition) is 0. The molecule has 0 spiro atoms. The molecule has 0 unspecified atom stereocenters. The van der Waals surface area contributed by atoms with Crippen LogP contribution in [0.2, 0.25) is 0 Å². The van der Waals surface area contributed by atoms with Gasteiger partial charge in [-0.3, -0.25) is 4.68 Å². The molecule has 0 amide bonds. The fourth-order valence-corrected chi connectivity index (χ4v) is 0.656. The number of halogens is 1. The van der Waals surface area contributed by atoms with Gasteiger partial charge in [-0.05, 0) is 13.8 Å². The molecule has 0 aliphatic carbocycles. The Morgan fingerprint density at radius 1 is 1.78 bits per heavy atom. The Bertz CT molecular complexity index is 185. The van der Waals surface area contributed by atoms with Crippen LogP contribution in [0.1, 0.15) is 12.6 Å². The minimum atomic E-state index is -0.225. The first-order chi connectivity index (χ1) is 4.24. The van der Waals surface area contributed by atoms with Crippen LogP contribution in [-0.2, 0) is 6.54 Å². The van der Waals surface area contributed by atoms with Crippen molar-refractivity contribution in [3.63, 3.8) is 0 Å². The molecular weight excluding hydrogens is 119 g/mol. The molecule has 9 heavy (non-hydrogen) atoms. The van der Waals surface area contributed by atoms with Crippen molar-refractivity contribution in [2.24, 2.45) is 0 Å². The maximum atomic E-state index is 12.4. The Hall–Kier alpha value is -0.860. The minimum absolute atomic E-state index is 0.225. The summed E-state index contributed by atoms with van der Waals surface area (Å²) in [6, 6.07) is 0. The van der Waals surface area contributed by atoms with E-state index in [9.17, 15) is 4.39 Å². The van der Waals surface area contributed by atoms with Gasteiger partial charge in [-0.25, -0.2) is 4.39 Å². The van der Waals surface area contributed by atoms with Crippen LogP contribution >= 0.6 is 0 Å². The standard InChI is InChI=1S/C6H9FN2/c1-3-9-4-6(7)5(2)8-9/h4H,3H2,1-2H3. The van der Waals surface area contributed by atoms with E-state index in [4.69, 9.17) is 0 Å². The predicted molar refractivity (Wildman–Crippen MR) is 32.6 cm³/mol. The highest BCUT2D eigenvalue weighted by molar-refractivity contribution is 4.99. The first-order valence-corrected chi connectivity index (χ1v) is 2.93. The van der Waals surface area contributed by atoms with Crippen molar-refractivity contribution < 1.29 is 4.39 Å². The smallest absolute Gasteiger partial charge is 0.163 e. The van der Waals surface area contributed by atoms with Crippen LogP contribution in [0, 0.1) is 12.7 Å². The minimum Gasteiger partial charge on any atom is -0.270 e. The maximum Gasteiger partial charge on any atom is 0.163 e. The lowest BCUT2D eigenvalue weighted by Gasteiger charge is -1.88. The number of nitrogens with zero attached hydrogens (tertiary/aromatic N) is 2. The summed E-state index contributed by atoms with van der Waals surface area (Å²) in [6.07, 6.45) is 1.40. The lowest BCUT2D eigenvalue weighted by atomic mass is 10.5. The summed E-state index contributed by atoms with van der Waals surface area (Å²) in [5.41, 5.74) is 0.469. The van der Waals surface area contributed by atoms with E-state index in [-0.39, 0.29) is 5.82 Å². The van der Waals surface area contributed by atoms with Crippen molar-refractivity contribution in [2.45, 2.75) is 20.4 Å². The molecule has 0 saturated heterocycles. The van der Waals surface area contributed by atoms with Gasteiger partial charge in [0.05, 0.1) is 11.9 Å². The van der Waals surface area contributed by atoms with Crippen molar-refractivity contribution in [3.8, 4) is 0 Å². The van der Waals surface area contributed by atoms with Crippen LogP contribution in [-0.4, -0.2) is 9.78 Å². The normalized spacial score (nSPS) is 10.1. The van der Waals surface area contributed by atoms with Gasteiger partial charge in [0.2, 0.25) is 0 Å². The fourth-order valence-electron chi connectivity index (χ4n) is 0.656. The van der Waals surface area contributed by atoms with Crippen molar-refractivity contribution in [3.05, 3.63) is 17.7 Å². The molecule has 0 atom stereocenters. The largest absolute Gasteiger partial charge is 0.270 e. The fraction of sp³-hybridized carbons (Fsp3) is 0.500. The molecule has 3 heteroatoms. The summed E-state index contributed by atoms with van der Waals surface area (Å²) >= 11 is 0. The zero-order valence-corrected chi connectivity index (χ0v) is 5.56. The summed E-state index contributed by atoms with van der Waals surface area (Å²) in [4.78, 5) is 0. The average molecular weight is 128 g/mol. The average Bonchev–Trinajstić information content (AvgIpc) is 2.13. The van der Waals surface area contributed by atoms with E-state index in [2.05, 4.69) is 5.10 Å². The van der Waals surface area contributed by atoms with Crippen LogP contribution < -0.4 is 0 Å². The molecule has 0 N–H and O–H groups in total. The van der Waals surface area contributed by atoms with Crippen LogP contribution in [0.15, 0.2) is 6.20 Å². The summed E-state index contributed by atoms with van der Waals surface area (Å²) < 4.78 is 14.0. The van der Waals surface area contributed by atoms with Gasteiger partial charge >= 0.3 is 0 Å². The molecule has 50 valence electrons. The topological polar surface area (TPSA) is 17.8 Å². The summed E-state index contributed by atoms with van der Waals surface area (Å²) in [7, 11) is 0. The van der Waals surface area contributed by atoms with Crippen molar-refractivity contribution >= 4 is 0 Å². The van der Waals surface area contributed by atoms with E-state index in [0.717, 1.165) is 6.54 Å². The Morgan fingerprint density at radius 3 is 2.67 bits per heavy atom. The monoisotopic (exact) mass is 128 g/mol. The lowest BCUT2D eigenvalue weighted by molar-refractivity contribution is 0.612. The predicted octanol–water partition coefficient (Wildman–Crippen LogP) is 1.35. The number of aryl methyl sites for hydroxylation is 2. The Kier molecular flexibility index (Phi) is 1.51. The highest BCUT2D eigenvalue weighted by Gasteiger charge is 1.99. The molecule has 1 aromatic rings. The molecule has 2 nitrogen and oxygen atoms in total. The van der Waals surface area contributed by atoms with E-state index >= 15 is 0 Å². The third-order valence-corrected chi connectivity index (χ3v) is 1.21. The lowest BCUT2D eigenvalue weighted by Crippen LogP contribution is -1.93. The molecule has 0 saturated carbocycles. The maximum absolute atomic E-state index is 12.4. The highest BCUT2D eigenvalue weighted by Crippen LogP contribution is 2.00. The molecule has 1 rings (SSSR count). The van der Waals surface area contributed by atoms with Gasteiger partial charge in [0.15, 0.2) is 5.82 Å². The molecule has 1 aromatic heterocycles. The van der Waals surface area contributed by atoms with Crippen LogP contribution in [0.3, 0.4) is 0 Å². The SMILES string of the molecule is CCn1cc(F)c(C)n1. The van der Waals surface area contributed by atoms with Crippen molar-refractivity contribution in [1.29, 1.82) is 0 Å². The number of aromatic nitrogens is 2. The van der Waals surface area contributed by atoms with Gasteiger partial charge in [0.25, 0.3) is 0 Å². The molecule has 0 aliphatic heterocycles. The molecular formula is C6H9FN2. The van der Waals surface area contributed by atoms with Crippen LogP contribution in [0.25, 0.3) is 0 Å². The van der Waals surface area contributed by atoms with E-state index in [1.54, 1.807) is 11.6 Å². The van der Waals surface area contributed by atoms with Crippen molar-refractivity contribution in [2.75, 3.05) is 0 Å². The third-order valence-electron chi connectivity index (χ3n) is 1.21. The summed E-state index contributed by atoms with van der Waals surface area (Å²) in [5.74, 6) is -0.225. The van der Waals surface area contributed by atoms with Crippen molar-refractivity contribution in [1.82, 2.24) is 9.78 Å². The summed E-state index contributed by atoms with van der Waals surface area (Å²) in [5, 5.41) is 3.87. The molecule has 0 radical (unpaired) electrons. The Balaban J connectivity index is 2.98. The Morgan fingerprint density at radius 2 is 2.44 bits per heavy atom. The van der Waals surface area contributed by atoms with Crippen LogP contribution in [0.4, 0.5) is 4.39 Å². The van der Waals surface area contributed by atoms with Gasteiger partial charge < -0.3 is 0 Å². The Labute approximate surface area is 53.3 Å².